The van der Waals surface area contributed by atoms with Gasteiger partial charge in [-0.2, -0.15) is 0 Å². The summed E-state index contributed by atoms with van der Waals surface area (Å²) in [5, 5.41) is 9.64. The summed E-state index contributed by atoms with van der Waals surface area (Å²) in [6.45, 7) is 8.19. The van der Waals surface area contributed by atoms with Gasteiger partial charge in [0.25, 0.3) is 0 Å². The average molecular weight is 232 g/mol. The molecule has 1 fully saturated rings. The van der Waals surface area contributed by atoms with Crippen molar-refractivity contribution in [3.05, 3.63) is 35.9 Å². The molecule has 0 bridgehead atoms. The zero-order valence-corrected chi connectivity index (χ0v) is 10.9. The molecule has 17 heavy (non-hydrogen) atoms. The minimum atomic E-state index is -0.670. The van der Waals surface area contributed by atoms with Crippen LogP contribution in [-0.4, -0.2) is 11.1 Å². The number of aliphatic carboxylic acids is 1. The Labute approximate surface area is 103 Å². The Morgan fingerprint density at radius 2 is 1.71 bits per heavy atom. The summed E-state index contributed by atoms with van der Waals surface area (Å²) < 4.78 is 0. The van der Waals surface area contributed by atoms with E-state index >= 15 is 0 Å². The van der Waals surface area contributed by atoms with Crippen LogP contribution < -0.4 is 0 Å². The van der Waals surface area contributed by atoms with Crippen LogP contribution in [0.2, 0.25) is 0 Å². The van der Waals surface area contributed by atoms with Crippen LogP contribution in [0.3, 0.4) is 0 Å². The van der Waals surface area contributed by atoms with E-state index in [1.807, 2.05) is 58.0 Å². The van der Waals surface area contributed by atoms with E-state index in [2.05, 4.69) is 0 Å². The van der Waals surface area contributed by atoms with Crippen LogP contribution in [0.25, 0.3) is 0 Å². The van der Waals surface area contributed by atoms with E-state index in [1.54, 1.807) is 0 Å². The molecule has 1 aliphatic carbocycles. The van der Waals surface area contributed by atoms with E-state index in [1.165, 1.54) is 0 Å². The van der Waals surface area contributed by atoms with Crippen LogP contribution in [0.4, 0.5) is 0 Å². The summed E-state index contributed by atoms with van der Waals surface area (Å²) in [6, 6.07) is 9.97. The van der Waals surface area contributed by atoms with E-state index in [0.717, 1.165) is 12.0 Å². The molecule has 1 N–H and O–H groups in total. The number of carboxylic acids is 1. The highest BCUT2D eigenvalue weighted by Gasteiger charge is 2.73. The molecule has 1 saturated carbocycles. The van der Waals surface area contributed by atoms with E-state index in [-0.39, 0.29) is 10.8 Å². The van der Waals surface area contributed by atoms with Crippen molar-refractivity contribution in [1.29, 1.82) is 0 Å². The van der Waals surface area contributed by atoms with Gasteiger partial charge in [0.2, 0.25) is 0 Å². The predicted molar refractivity (Wildman–Crippen MR) is 67.9 cm³/mol. The summed E-state index contributed by atoms with van der Waals surface area (Å²) in [4.78, 5) is 11.7. The third-order valence-corrected chi connectivity index (χ3v) is 4.66. The van der Waals surface area contributed by atoms with Crippen molar-refractivity contribution in [3.8, 4) is 0 Å². The molecule has 0 spiro atoms. The predicted octanol–water partition coefficient (Wildman–Crippen LogP) is 3.47. The Hall–Kier alpha value is -1.31. The van der Waals surface area contributed by atoms with Gasteiger partial charge in [-0.1, -0.05) is 58.0 Å². The van der Waals surface area contributed by atoms with E-state index in [4.69, 9.17) is 0 Å². The van der Waals surface area contributed by atoms with Gasteiger partial charge in [-0.15, -0.1) is 0 Å². The lowest BCUT2D eigenvalue weighted by atomic mass is 9.67. The van der Waals surface area contributed by atoms with E-state index < -0.39 is 11.4 Å². The molecule has 1 aromatic rings. The third-order valence-electron chi connectivity index (χ3n) is 4.66. The van der Waals surface area contributed by atoms with Crippen LogP contribution in [0, 0.1) is 10.8 Å². The highest BCUT2D eigenvalue weighted by Crippen LogP contribution is 2.71. The summed E-state index contributed by atoms with van der Waals surface area (Å²) in [7, 11) is 0. The van der Waals surface area contributed by atoms with Crippen molar-refractivity contribution in [2.45, 2.75) is 39.5 Å². The fourth-order valence-electron chi connectivity index (χ4n) is 3.42. The number of hydrogen-bond acceptors (Lipinski definition) is 1. The molecular formula is C15H20O2. The first kappa shape index (κ1) is 12.2. The number of hydrogen-bond donors (Lipinski definition) is 1. The standard InChI is InChI=1S/C15H20O2/c1-13(2)10-15(13,12(16)17)14(3,4)11-8-6-5-7-9-11/h5-9H,10H2,1-4H3,(H,16,17). The second-order valence-corrected chi connectivity index (χ2v) is 6.26. The minimum absolute atomic E-state index is 0.127. The van der Waals surface area contributed by atoms with Gasteiger partial charge in [-0.25, -0.2) is 0 Å². The maximum atomic E-state index is 11.7. The molecule has 0 saturated heterocycles. The largest absolute Gasteiger partial charge is 0.481 e. The smallest absolute Gasteiger partial charge is 0.311 e. The summed E-state index contributed by atoms with van der Waals surface area (Å²) in [6.07, 6.45) is 0.747. The van der Waals surface area contributed by atoms with Crippen molar-refractivity contribution in [2.75, 3.05) is 0 Å². The van der Waals surface area contributed by atoms with Gasteiger partial charge in [-0.05, 0) is 17.4 Å². The van der Waals surface area contributed by atoms with Crippen LogP contribution in [0.5, 0.6) is 0 Å². The maximum absolute atomic E-state index is 11.7. The summed E-state index contributed by atoms with van der Waals surface area (Å²) >= 11 is 0. The highest BCUT2D eigenvalue weighted by molar-refractivity contribution is 5.82. The minimum Gasteiger partial charge on any atom is -0.481 e. The molecular weight excluding hydrogens is 212 g/mol. The first-order valence-corrected chi connectivity index (χ1v) is 6.05. The monoisotopic (exact) mass is 232 g/mol. The lowest BCUT2D eigenvalue weighted by molar-refractivity contribution is -0.147. The SMILES string of the molecule is CC1(C)CC1(C(=O)O)C(C)(C)c1ccccc1. The fraction of sp³-hybridized carbons (Fsp3) is 0.533. The Bertz CT molecular complexity index is 445. The second-order valence-electron chi connectivity index (χ2n) is 6.26. The number of carbonyl (C=O) groups is 1. The quantitative estimate of drug-likeness (QED) is 0.866. The molecule has 0 radical (unpaired) electrons. The van der Waals surface area contributed by atoms with Crippen molar-refractivity contribution >= 4 is 5.97 Å². The maximum Gasteiger partial charge on any atom is 0.311 e. The van der Waals surface area contributed by atoms with Gasteiger partial charge in [0.05, 0.1) is 5.41 Å². The van der Waals surface area contributed by atoms with Gasteiger partial charge in [0.15, 0.2) is 0 Å². The number of rotatable bonds is 3. The van der Waals surface area contributed by atoms with Crippen LogP contribution >= 0.6 is 0 Å². The third kappa shape index (κ3) is 1.43. The Balaban J connectivity index is 2.50. The molecule has 92 valence electrons. The molecule has 0 amide bonds. The van der Waals surface area contributed by atoms with Gasteiger partial charge < -0.3 is 5.11 Å². The molecule has 2 nitrogen and oxygen atoms in total. The average Bonchev–Trinajstić information content (AvgIpc) is 2.85. The molecule has 2 rings (SSSR count). The molecule has 1 atom stereocenters. The molecule has 1 aromatic carbocycles. The Morgan fingerprint density at radius 1 is 1.24 bits per heavy atom. The van der Waals surface area contributed by atoms with Crippen LogP contribution in [0.1, 0.15) is 39.7 Å². The molecule has 0 aliphatic heterocycles. The second kappa shape index (κ2) is 3.34. The van der Waals surface area contributed by atoms with Crippen LogP contribution in [-0.2, 0) is 10.2 Å². The topological polar surface area (TPSA) is 37.3 Å². The van der Waals surface area contributed by atoms with Gasteiger partial charge in [0.1, 0.15) is 0 Å². The molecule has 0 heterocycles. The first-order chi connectivity index (χ1) is 7.76. The Kier molecular flexibility index (Phi) is 2.39. The van der Waals surface area contributed by atoms with Crippen molar-refractivity contribution < 1.29 is 9.90 Å². The molecule has 1 unspecified atom stereocenters. The zero-order chi connectivity index (χ0) is 12.9. The Morgan fingerprint density at radius 3 is 2.06 bits per heavy atom. The number of benzene rings is 1. The van der Waals surface area contributed by atoms with Gasteiger partial charge >= 0.3 is 5.97 Å². The van der Waals surface area contributed by atoms with Gasteiger partial charge in [0, 0.05) is 5.41 Å². The summed E-state index contributed by atoms with van der Waals surface area (Å²) in [5.41, 5.74) is -0.00341. The van der Waals surface area contributed by atoms with Crippen molar-refractivity contribution in [2.24, 2.45) is 10.8 Å². The normalized spacial score (nSPS) is 26.6. The number of carboxylic acid groups (broad SMARTS) is 1. The fourth-order valence-corrected chi connectivity index (χ4v) is 3.42. The zero-order valence-electron chi connectivity index (χ0n) is 10.9. The molecule has 0 aromatic heterocycles. The van der Waals surface area contributed by atoms with E-state index in [0.29, 0.717) is 0 Å². The molecule has 1 aliphatic rings. The summed E-state index contributed by atoms with van der Waals surface area (Å²) in [5.74, 6) is -0.670. The van der Waals surface area contributed by atoms with Crippen molar-refractivity contribution in [3.63, 3.8) is 0 Å². The van der Waals surface area contributed by atoms with Crippen LogP contribution in [0.15, 0.2) is 30.3 Å². The van der Waals surface area contributed by atoms with Crippen molar-refractivity contribution in [1.82, 2.24) is 0 Å². The lowest BCUT2D eigenvalue weighted by Gasteiger charge is -2.35. The van der Waals surface area contributed by atoms with E-state index in [9.17, 15) is 9.90 Å². The highest BCUT2D eigenvalue weighted by atomic mass is 16.4. The molecule has 2 heteroatoms. The lowest BCUT2D eigenvalue weighted by Crippen LogP contribution is -2.40. The van der Waals surface area contributed by atoms with Gasteiger partial charge in [-0.3, -0.25) is 4.79 Å². The first-order valence-electron chi connectivity index (χ1n) is 6.05.